The molecular formula is C15H18FN3O. The van der Waals surface area contributed by atoms with E-state index in [9.17, 15) is 4.39 Å². The van der Waals surface area contributed by atoms with Gasteiger partial charge in [0, 0.05) is 37.3 Å². The van der Waals surface area contributed by atoms with Crippen LogP contribution in [0.25, 0.3) is 0 Å². The number of para-hydroxylation sites is 1. The molecule has 0 amide bonds. The standard InChI is InChI=1S/C15H18FN3O/c1-2-19-10-17-8-11(19)9-18-14-6-7-20-15-12(14)4-3-5-13(15)16/h3-5,8,10,14,18H,2,6-7,9H2,1H3/t14-/m0/s1. The summed E-state index contributed by atoms with van der Waals surface area (Å²) in [7, 11) is 0. The van der Waals surface area contributed by atoms with Gasteiger partial charge in [-0.05, 0) is 13.0 Å². The number of nitrogens with zero attached hydrogens (tertiary/aromatic N) is 2. The van der Waals surface area contributed by atoms with Crippen LogP contribution < -0.4 is 10.1 Å². The molecule has 0 radical (unpaired) electrons. The van der Waals surface area contributed by atoms with Gasteiger partial charge in [-0.15, -0.1) is 0 Å². The van der Waals surface area contributed by atoms with Gasteiger partial charge in [0.25, 0.3) is 0 Å². The first-order valence-corrected chi connectivity index (χ1v) is 6.93. The summed E-state index contributed by atoms with van der Waals surface area (Å²) in [4.78, 5) is 4.15. The summed E-state index contributed by atoms with van der Waals surface area (Å²) in [6, 6.07) is 5.21. The smallest absolute Gasteiger partial charge is 0.165 e. The third kappa shape index (κ3) is 2.41. The van der Waals surface area contributed by atoms with E-state index in [1.807, 2.05) is 18.6 Å². The number of hydrogen-bond acceptors (Lipinski definition) is 3. The Morgan fingerprint density at radius 1 is 1.50 bits per heavy atom. The zero-order chi connectivity index (χ0) is 13.9. The maximum atomic E-state index is 13.7. The molecule has 1 aromatic heterocycles. The highest BCUT2D eigenvalue weighted by atomic mass is 19.1. The van der Waals surface area contributed by atoms with Crippen LogP contribution >= 0.6 is 0 Å². The minimum Gasteiger partial charge on any atom is -0.490 e. The Labute approximate surface area is 117 Å². The third-order valence-corrected chi connectivity index (χ3v) is 3.69. The van der Waals surface area contributed by atoms with Gasteiger partial charge in [-0.1, -0.05) is 12.1 Å². The van der Waals surface area contributed by atoms with Crippen LogP contribution in [-0.2, 0) is 13.1 Å². The van der Waals surface area contributed by atoms with Crippen molar-refractivity contribution in [2.45, 2.75) is 32.5 Å². The van der Waals surface area contributed by atoms with Crippen LogP contribution in [0.4, 0.5) is 4.39 Å². The fourth-order valence-electron chi connectivity index (χ4n) is 2.61. The quantitative estimate of drug-likeness (QED) is 0.932. The van der Waals surface area contributed by atoms with Crippen LogP contribution in [-0.4, -0.2) is 16.2 Å². The summed E-state index contributed by atoms with van der Waals surface area (Å²) >= 11 is 0. The second-order valence-electron chi connectivity index (χ2n) is 4.90. The normalized spacial score (nSPS) is 17.6. The highest BCUT2D eigenvalue weighted by Gasteiger charge is 2.23. The number of nitrogens with one attached hydrogen (secondary N) is 1. The molecule has 0 saturated heterocycles. The van der Waals surface area contributed by atoms with Crippen molar-refractivity contribution in [3.8, 4) is 5.75 Å². The topological polar surface area (TPSA) is 39.1 Å². The molecule has 0 aliphatic carbocycles. The van der Waals surface area contributed by atoms with Gasteiger partial charge >= 0.3 is 0 Å². The van der Waals surface area contributed by atoms with E-state index in [4.69, 9.17) is 4.74 Å². The highest BCUT2D eigenvalue weighted by molar-refractivity contribution is 5.38. The van der Waals surface area contributed by atoms with Crippen molar-refractivity contribution in [3.05, 3.63) is 47.8 Å². The van der Waals surface area contributed by atoms with E-state index in [0.717, 1.165) is 24.2 Å². The Bertz CT molecular complexity index is 597. The van der Waals surface area contributed by atoms with E-state index in [2.05, 4.69) is 21.8 Å². The lowest BCUT2D eigenvalue weighted by atomic mass is 10.0. The Morgan fingerprint density at radius 3 is 3.25 bits per heavy atom. The zero-order valence-corrected chi connectivity index (χ0v) is 11.5. The van der Waals surface area contributed by atoms with E-state index in [1.165, 1.54) is 6.07 Å². The number of hydrogen-bond donors (Lipinski definition) is 1. The minimum absolute atomic E-state index is 0.120. The van der Waals surface area contributed by atoms with Crippen molar-refractivity contribution in [2.24, 2.45) is 0 Å². The first kappa shape index (κ1) is 13.1. The number of imidazole rings is 1. The second-order valence-corrected chi connectivity index (χ2v) is 4.90. The first-order valence-electron chi connectivity index (χ1n) is 6.93. The van der Waals surface area contributed by atoms with Crippen LogP contribution in [0.3, 0.4) is 0 Å². The van der Waals surface area contributed by atoms with Crippen molar-refractivity contribution in [3.63, 3.8) is 0 Å². The number of ether oxygens (including phenoxy) is 1. The molecule has 1 atom stereocenters. The van der Waals surface area contributed by atoms with Gasteiger partial charge < -0.3 is 14.6 Å². The number of fused-ring (bicyclic) bond motifs is 1. The summed E-state index contributed by atoms with van der Waals surface area (Å²) in [5.74, 6) is 0.104. The van der Waals surface area contributed by atoms with Crippen LogP contribution in [0.15, 0.2) is 30.7 Å². The van der Waals surface area contributed by atoms with E-state index >= 15 is 0 Å². The number of rotatable bonds is 4. The molecule has 2 aromatic rings. The van der Waals surface area contributed by atoms with Gasteiger partial charge in [0.1, 0.15) is 0 Å². The Kier molecular flexibility index (Phi) is 3.69. The van der Waals surface area contributed by atoms with Gasteiger partial charge in [-0.2, -0.15) is 0 Å². The van der Waals surface area contributed by atoms with Gasteiger partial charge in [0.2, 0.25) is 0 Å². The molecule has 3 rings (SSSR count). The number of aromatic nitrogens is 2. The van der Waals surface area contributed by atoms with Crippen LogP contribution in [0.1, 0.15) is 30.6 Å². The lowest BCUT2D eigenvalue weighted by Crippen LogP contribution is -2.28. The van der Waals surface area contributed by atoms with Crippen molar-refractivity contribution < 1.29 is 9.13 Å². The van der Waals surface area contributed by atoms with E-state index in [-0.39, 0.29) is 11.9 Å². The minimum atomic E-state index is -0.285. The first-order chi connectivity index (χ1) is 9.79. The summed E-state index contributed by atoms with van der Waals surface area (Å²) in [5, 5.41) is 3.47. The molecule has 0 saturated carbocycles. The summed E-state index contributed by atoms with van der Waals surface area (Å²) in [6.45, 7) is 4.24. The average Bonchev–Trinajstić information content (AvgIpc) is 2.93. The van der Waals surface area contributed by atoms with Crippen molar-refractivity contribution in [1.82, 2.24) is 14.9 Å². The lowest BCUT2D eigenvalue weighted by molar-refractivity contribution is 0.240. The number of aryl methyl sites for hydroxylation is 1. The molecule has 106 valence electrons. The highest BCUT2D eigenvalue weighted by Crippen LogP contribution is 2.34. The second kappa shape index (κ2) is 5.63. The number of benzene rings is 1. The largest absolute Gasteiger partial charge is 0.490 e. The van der Waals surface area contributed by atoms with Gasteiger partial charge in [0.05, 0.1) is 18.6 Å². The van der Waals surface area contributed by atoms with Gasteiger partial charge in [-0.25, -0.2) is 9.37 Å². The molecule has 0 spiro atoms. The fourth-order valence-corrected chi connectivity index (χ4v) is 2.61. The monoisotopic (exact) mass is 275 g/mol. The van der Waals surface area contributed by atoms with Crippen molar-refractivity contribution >= 4 is 0 Å². The molecule has 5 heteroatoms. The van der Waals surface area contributed by atoms with Gasteiger partial charge in [0.15, 0.2) is 11.6 Å². The van der Waals surface area contributed by atoms with Crippen LogP contribution in [0.2, 0.25) is 0 Å². The molecule has 0 unspecified atom stereocenters. The molecule has 4 nitrogen and oxygen atoms in total. The average molecular weight is 275 g/mol. The predicted octanol–water partition coefficient (Wildman–Crippen LogP) is 2.66. The molecule has 2 heterocycles. The van der Waals surface area contributed by atoms with Gasteiger partial charge in [-0.3, -0.25) is 0 Å². The summed E-state index contributed by atoms with van der Waals surface area (Å²) < 4.78 is 21.2. The van der Waals surface area contributed by atoms with E-state index < -0.39 is 0 Å². The molecule has 0 fully saturated rings. The molecule has 1 N–H and O–H groups in total. The summed E-state index contributed by atoms with van der Waals surface area (Å²) in [6.07, 6.45) is 4.54. The summed E-state index contributed by atoms with van der Waals surface area (Å²) in [5.41, 5.74) is 2.04. The van der Waals surface area contributed by atoms with Crippen LogP contribution in [0, 0.1) is 5.82 Å². The molecule has 20 heavy (non-hydrogen) atoms. The Balaban J connectivity index is 1.75. The lowest BCUT2D eigenvalue weighted by Gasteiger charge is -2.27. The van der Waals surface area contributed by atoms with E-state index in [0.29, 0.717) is 18.9 Å². The molecule has 1 aliphatic heterocycles. The molecular weight excluding hydrogens is 257 g/mol. The van der Waals surface area contributed by atoms with E-state index in [1.54, 1.807) is 6.07 Å². The number of halogens is 1. The Hall–Kier alpha value is -1.88. The molecule has 1 aliphatic rings. The molecule has 1 aromatic carbocycles. The predicted molar refractivity (Wildman–Crippen MR) is 74.0 cm³/mol. The Morgan fingerprint density at radius 2 is 2.40 bits per heavy atom. The van der Waals surface area contributed by atoms with Crippen LogP contribution in [0.5, 0.6) is 5.75 Å². The SMILES string of the molecule is CCn1cncc1CN[C@H]1CCOc2c(F)cccc21. The fraction of sp³-hybridized carbons (Fsp3) is 0.400. The zero-order valence-electron chi connectivity index (χ0n) is 11.5. The molecule has 0 bridgehead atoms. The maximum Gasteiger partial charge on any atom is 0.165 e. The van der Waals surface area contributed by atoms with Crippen molar-refractivity contribution in [2.75, 3.05) is 6.61 Å². The van der Waals surface area contributed by atoms with Crippen molar-refractivity contribution in [1.29, 1.82) is 0 Å². The maximum absolute atomic E-state index is 13.7. The third-order valence-electron chi connectivity index (χ3n) is 3.69.